The Balaban J connectivity index is 2.32. The molecular weight excluding hydrogens is 346 g/mol. The molecule has 0 aliphatic carbocycles. The zero-order valence-electron chi connectivity index (χ0n) is 12.7. The van der Waals surface area contributed by atoms with E-state index < -0.39 is 0 Å². The summed E-state index contributed by atoms with van der Waals surface area (Å²) in [7, 11) is 0. The summed E-state index contributed by atoms with van der Waals surface area (Å²) in [6.45, 7) is 7.35. The zero-order valence-corrected chi connectivity index (χ0v) is 15.1. The lowest BCUT2D eigenvalue weighted by Crippen LogP contribution is -2.23. The number of nitrogens with one attached hydrogen (secondary N) is 1. The van der Waals surface area contributed by atoms with Crippen LogP contribution in [0.5, 0.6) is 0 Å². The molecule has 0 saturated heterocycles. The molecule has 0 bridgehead atoms. The van der Waals surface area contributed by atoms with Crippen LogP contribution >= 0.6 is 27.5 Å². The molecule has 1 unspecified atom stereocenters. The molecule has 112 valence electrons. The Morgan fingerprint density at radius 3 is 2.38 bits per heavy atom. The van der Waals surface area contributed by atoms with Gasteiger partial charge in [-0.25, -0.2) is 0 Å². The molecule has 2 aromatic rings. The molecule has 0 saturated carbocycles. The second kappa shape index (κ2) is 7.44. The molecule has 0 radical (unpaired) electrons. The molecule has 0 aliphatic rings. The van der Waals surface area contributed by atoms with Gasteiger partial charge in [-0.15, -0.1) is 0 Å². The standard InChI is InChI=1S/C18H21BrClN/c1-4-21-18(16-11-15(20)5-6-17(16)19)10-14-8-12(2)7-13(3)9-14/h5-9,11,18,21H,4,10H2,1-3H3. The molecule has 0 heterocycles. The van der Waals surface area contributed by atoms with E-state index >= 15 is 0 Å². The molecule has 0 aromatic heterocycles. The van der Waals surface area contributed by atoms with Crippen molar-refractivity contribution in [3.8, 4) is 0 Å². The van der Waals surface area contributed by atoms with E-state index in [4.69, 9.17) is 11.6 Å². The van der Waals surface area contributed by atoms with Crippen LogP contribution in [0.1, 0.15) is 35.2 Å². The van der Waals surface area contributed by atoms with E-state index in [2.05, 4.69) is 60.2 Å². The summed E-state index contributed by atoms with van der Waals surface area (Å²) in [5, 5.41) is 4.34. The summed E-state index contributed by atoms with van der Waals surface area (Å²) < 4.78 is 1.10. The normalized spacial score (nSPS) is 12.4. The van der Waals surface area contributed by atoms with Gasteiger partial charge in [-0.3, -0.25) is 0 Å². The fourth-order valence-electron chi connectivity index (χ4n) is 2.74. The van der Waals surface area contributed by atoms with E-state index in [9.17, 15) is 0 Å². The summed E-state index contributed by atoms with van der Waals surface area (Å²) in [4.78, 5) is 0. The first-order chi connectivity index (χ1) is 9.99. The zero-order chi connectivity index (χ0) is 15.4. The van der Waals surface area contributed by atoms with Crippen LogP contribution in [0.3, 0.4) is 0 Å². The maximum Gasteiger partial charge on any atom is 0.0410 e. The Bertz CT molecular complexity index is 604. The van der Waals surface area contributed by atoms with Gasteiger partial charge in [0.25, 0.3) is 0 Å². The number of likely N-dealkylation sites (N-methyl/N-ethyl adjacent to an activating group) is 1. The molecule has 0 fully saturated rings. The van der Waals surface area contributed by atoms with Crippen LogP contribution in [0.25, 0.3) is 0 Å². The van der Waals surface area contributed by atoms with Crippen LogP contribution < -0.4 is 5.32 Å². The maximum absolute atomic E-state index is 6.17. The fourth-order valence-corrected chi connectivity index (χ4v) is 3.45. The minimum atomic E-state index is 0.254. The molecule has 1 nitrogen and oxygen atoms in total. The molecule has 1 N–H and O–H groups in total. The van der Waals surface area contributed by atoms with Gasteiger partial charge in [-0.05, 0) is 56.1 Å². The Labute approximate surface area is 140 Å². The minimum Gasteiger partial charge on any atom is -0.310 e. The first-order valence-corrected chi connectivity index (χ1v) is 8.42. The van der Waals surface area contributed by atoms with Crippen molar-refractivity contribution in [3.05, 3.63) is 68.1 Å². The average Bonchev–Trinajstić information content (AvgIpc) is 2.40. The van der Waals surface area contributed by atoms with Gasteiger partial charge in [0.1, 0.15) is 0 Å². The first kappa shape index (κ1) is 16.5. The summed E-state index contributed by atoms with van der Waals surface area (Å²) in [5.41, 5.74) is 5.18. The highest BCUT2D eigenvalue weighted by Gasteiger charge is 2.15. The Morgan fingerprint density at radius 1 is 1.10 bits per heavy atom. The Kier molecular flexibility index (Phi) is 5.86. The van der Waals surface area contributed by atoms with E-state index in [-0.39, 0.29) is 6.04 Å². The fraction of sp³-hybridized carbons (Fsp3) is 0.333. The van der Waals surface area contributed by atoms with E-state index in [0.29, 0.717) is 0 Å². The van der Waals surface area contributed by atoms with Crippen molar-refractivity contribution in [1.29, 1.82) is 0 Å². The highest BCUT2D eigenvalue weighted by molar-refractivity contribution is 9.10. The SMILES string of the molecule is CCNC(Cc1cc(C)cc(C)c1)c1cc(Cl)ccc1Br. The predicted octanol–water partition coefficient (Wildman–Crippen LogP) is 5.61. The lowest BCUT2D eigenvalue weighted by Gasteiger charge is -2.21. The average molecular weight is 367 g/mol. The molecule has 1 atom stereocenters. The summed E-state index contributed by atoms with van der Waals surface area (Å²) in [5.74, 6) is 0. The van der Waals surface area contributed by atoms with Gasteiger partial charge >= 0.3 is 0 Å². The van der Waals surface area contributed by atoms with Crippen LogP contribution in [-0.4, -0.2) is 6.54 Å². The highest BCUT2D eigenvalue weighted by atomic mass is 79.9. The van der Waals surface area contributed by atoms with E-state index in [1.807, 2.05) is 18.2 Å². The topological polar surface area (TPSA) is 12.0 Å². The van der Waals surface area contributed by atoms with Crippen molar-refractivity contribution >= 4 is 27.5 Å². The second-order valence-electron chi connectivity index (χ2n) is 5.48. The van der Waals surface area contributed by atoms with Crippen molar-refractivity contribution in [1.82, 2.24) is 5.32 Å². The Morgan fingerprint density at radius 2 is 1.76 bits per heavy atom. The number of rotatable bonds is 5. The molecule has 2 aromatic carbocycles. The van der Waals surface area contributed by atoms with Crippen molar-refractivity contribution in [2.75, 3.05) is 6.54 Å². The van der Waals surface area contributed by atoms with Gasteiger partial charge in [-0.1, -0.05) is 63.8 Å². The molecule has 21 heavy (non-hydrogen) atoms. The third kappa shape index (κ3) is 4.57. The van der Waals surface area contributed by atoms with Gasteiger partial charge in [-0.2, -0.15) is 0 Å². The van der Waals surface area contributed by atoms with Gasteiger partial charge in [0.15, 0.2) is 0 Å². The van der Waals surface area contributed by atoms with Crippen molar-refractivity contribution in [2.45, 2.75) is 33.2 Å². The molecule has 3 heteroatoms. The van der Waals surface area contributed by atoms with E-state index in [1.165, 1.54) is 22.3 Å². The molecular formula is C18H21BrClN. The van der Waals surface area contributed by atoms with Crippen molar-refractivity contribution in [2.24, 2.45) is 0 Å². The quantitative estimate of drug-likeness (QED) is 0.725. The van der Waals surface area contributed by atoms with Crippen LogP contribution in [-0.2, 0) is 6.42 Å². The van der Waals surface area contributed by atoms with Crippen molar-refractivity contribution < 1.29 is 0 Å². The monoisotopic (exact) mass is 365 g/mol. The minimum absolute atomic E-state index is 0.254. The smallest absolute Gasteiger partial charge is 0.0410 e. The summed E-state index contributed by atoms with van der Waals surface area (Å²) in [6.07, 6.45) is 0.954. The van der Waals surface area contributed by atoms with Crippen molar-refractivity contribution in [3.63, 3.8) is 0 Å². The van der Waals surface area contributed by atoms with Gasteiger partial charge < -0.3 is 5.32 Å². The van der Waals surface area contributed by atoms with Gasteiger partial charge in [0, 0.05) is 15.5 Å². The largest absolute Gasteiger partial charge is 0.310 e. The van der Waals surface area contributed by atoms with E-state index in [0.717, 1.165) is 22.5 Å². The number of hydrogen-bond donors (Lipinski definition) is 1. The third-order valence-electron chi connectivity index (χ3n) is 3.51. The van der Waals surface area contributed by atoms with Crippen LogP contribution in [0, 0.1) is 13.8 Å². The highest BCUT2D eigenvalue weighted by Crippen LogP contribution is 2.29. The number of benzene rings is 2. The molecule has 0 spiro atoms. The third-order valence-corrected chi connectivity index (χ3v) is 4.46. The summed E-state index contributed by atoms with van der Waals surface area (Å²) in [6, 6.07) is 13.0. The van der Waals surface area contributed by atoms with Crippen LogP contribution in [0.4, 0.5) is 0 Å². The number of hydrogen-bond acceptors (Lipinski definition) is 1. The lowest BCUT2D eigenvalue weighted by atomic mass is 9.96. The van der Waals surface area contributed by atoms with E-state index in [1.54, 1.807) is 0 Å². The predicted molar refractivity (Wildman–Crippen MR) is 95.2 cm³/mol. The number of halogens is 2. The molecule has 0 amide bonds. The second-order valence-corrected chi connectivity index (χ2v) is 6.77. The van der Waals surface area contributed by atoms with Gasteiger partial charge in [0.2, 0.25) is 0 Å². The summed E-state index contributed by atoms with van der Waals surface area (Å²) >= 11 is 9.81. The maximum atomic E-state index is 6.17. The number of aryl methyl sites for hydroxylation is 2. The molecule has 2 rings (SSSR count). The van der Waals surface area contributed by atoms with Crippen LogP contribution in [0.15, 0.2) is 40.9 Å². The lowest BCUT2D eigenvalue weighted by molar-refractivity contribution is 0.548. The Hall–Kier alpha value is -0.830. The first-order valence-electron chi connectivity index (χ1n) is 7.25. The molecule has 0 aliphatic heterocycles. The van der Waals surface area contributed by atoms with Gasteiger partial charge in [0.05, 0.1) is 0 Å². The van der Waals surface area contributed by atoms with Crippen LogP contribution in [0.2, 0.25) is 5.02 Å².